The van der Waals surface area contributed by atoms with Gasteiger partial charge >= 0.3 is 0 Å². The molecule has 5 nitrogen and oxygen atoms in total. The van der Waals surface area contributed by atoms with Gasteiger partial charge in [0.2, 0.25) is 0 Å². The van der Waals surface area contributed by atoms with E-state index in [2.05, 4.69) is 24.1 Å². The third kappa shape index (κ3) is 12.7. The van der Waals surface area contributed by atoms with Gasteiger partial charge in [-0.3, -0.25) is 0 Å². The number of ether oxygens (including phenoxy) is 2. The molecule has 0 spiro atoms. The SMILES string of the molecule is CCCCN(CCCC)CCCNCc1ccc(OCCO)c(OC)c1.Cl.Cl. The summed E-state index contributed by atoms with van der Waals surface area (Å²) < 4.78 is 10.8. The standard InChI is InChI=1S/C21H38N2O3.2ClH/c1-4-6-12-23(13-7-5-2)14-8-11-22-18-19-9-10-20(26-16-15-24)21(17-19)25-3;;/h9-10,17,22,24H,4-8,11-16,18H2,1-3H3;2*1H. The number of methoxy groups -OCH3 is 1. The molecule has 0 aliphatic heterocycles. The highest BCUT2D eigenvalue weighted by Gasteiger charge is 2.06. The van der Waals surface area contributed by atoms with Crippen LogP contribution in [0.25, 0.3) is 0 Å². The summed E-state index contributed by atoms with van der Waals surface area (Å²) in [6.45, 7) is 10.2. The topological polar surface area (TPSA) is 54.0 Å². The fraction of sp³-hybridized carbons (Fsp3) is 0.714. The van der Waals surface area contributed by atoms with Crippen LogP contribution in [-0.2, 0) is 6.54 Å². The van der Waals surface area contributed by atoms with Gasteiger partial charge in [0, 0.05) is 6.54 Å². The van der Waals surface area contributed by atoms with Gasteiger partial charge in [-0.1, -0.05) is 32.8 Å². The summed E-state index contributed by atoms with van der Waals surface area (Å²) in [5, 5.41) is 12.4. The van der Waals surface area contributed by atoms with Crippen molar-refractivity contribution in [1.29, 1.82) is 0 Å². The molecule has 7 heteroatoms. The molecule has 0 saturated carbocycles. The molecule has 1 aromatic rings. The van der Waals surface area contributed by atoms with Crippen molar-refractivity contribution in [2.24, 2.45) is 0 Å². The molecular formula is C21H40Cl2N2O3. The van der Waals surface area contributed by atoms with Crippen molar-refractivity contribution < 1.29 is 14.6 Å². The first-order valence-electron chi connectivity index (χ1n) is 10.1. The Hall–Kier alpha value is -0.720. The van der Waals surface area contributed by atoms with Crippen LogP contribution in [-0.4, -0.2) is 56.5 Å². The molecule has 0 bridgehead atoms. The fourth-order valence-electron chi connectivity index (χ4n) is 2.86. The van der Waals surface area contributed by atoms with Gasteiger partial charge in [-0.25, -0.2) is 0 Å². The van der Waals surface area contributed by atoms with Crippen LogP contribution in [0.5, 0.6) is 11.5 Å². The van der Waals surface area contributed by atoms with Crippen LogP contribution in [0, 0.1) is 0 Å². The van der Waals surface area contributed by atoms with Crippen LogP contribution < -0.4 is 14.8 Å². The van der Waals surface area contributed by atoms with Gasteiger partial charge in [-0.15, -0.1) is 24.8 Å². The van der Waals surface area contributed by atoms with Crippen LogP contribution in [0.4, 0.5) is 0 Å². The first kappa shape index (κ1) is 29.5. The molecule has 0 aliphatic rings. The Morgan fingerprint density at radius 2 is 1.61 bits per heavy atom. The van der Waals surface area contributed by atoms with Crippen LogP contribution >= 0.6 is 24.8 Å². The van der Waals surface area contributed by atoms with Crippen molar-refractivity contribution in [3.05, 3.63) is 23.8 Å². The molecule has 2 N–H and O–H groups in total. The van der Waals surface area contributed by atoms with E-state index in [-0.39, 0.29) is 38.0 Å². The summed E-state index contributed by atoms with van der Waals surface area (Å²) in [5.74, 6) is 1.39. The van der Waals surface area contributed by atoms with Crippen molar-refractivity contribution in [3.63, 3.8) is 0 Å². The Kier molecular flexibility index (Phi) is 20.6. The Balaban J connectivity index is 0. The van der Waals surface area contributed by atoms with E-state index >= 15 is 0 Å². The number of benzene rings is 1. The first-order valence-corrected chi connectivity index (χ1v) is 10.1. The molecule has 1 aromatic carbocycles. The van der Waals surface area contributed by atoms with Gasteiger partial charge < -0.3 is 24.8 Å². The van der Waals surface area contributed by atoms with Crippen LogP contribution in [0.3, 0.4) is 0 Å². The number of unbranched alkanes of at least 4 members (excludes halogenated alkanes) is 2. The number of nitrogens with one attached hydrogen (secondary N) is 1. The molecular weight excluding hydrogens is 399 g/mol. The van der Waals surface area contributed by atoms with Crippen LogP contribution in [0.15, 0.2) is 18.2 Å². The molecule has 166 valence electrons. The molecule has 0 fully saturated rings. The Labute approximate surface area is 184 Å². The van der Waals surface area contributed by atoms with Crippen molar-refractivity contribution in [2.45, 2.75) is 52.5 Å². The average molecular weight is 439 g/mol. The molecule has 0 heterocycles. The number of rotatable bonds is 16. The molecule has 28 heavy (non-hydrogen) atoms. The van der Waals surface area contributed by atoms with Crippen molar-refractivity contribution >= 4 is 24.8 Å². The maximum Gasteiger partial charge on any atom is 0.161 e. The number of halogens is 2. The maximum absolute atomic E-state index is 8.87. The summed E-state index contributed by atoms with van der Waals surface area (Å²) in [4.78, 5) is 2.60. The summed E-state index contributed by atoms with van der Waals surface area (Å²) in [6, 6.07) is 5.94. The number of aliphatic hydroxyl groups excluding tert-OH is 1. The average Bonchev–Trinajstić information content (AvgIpc) is 2.67. The second-order valence-electron chi connectivity index (χ2n) is 6.64. The molecule has 0 atom stereocenters. The molecule has 0 aliphatic carbocycles. The molecule has 0 amide bonds. The van der Waals surface area contributed by atoms with E-state index in [0.717, 1.165) is 13.1 Å². The number of nitrogens with zero attached hydrogens (tertiary/aromatic N) is 1. The van der Waals surface area contributed by atoms with Gasteiger partial charge in [0.25, 0.3) is 0 Å². The van der Waals surface area contributed by atoms with E-state index in [1.54, 1.807) is 7.11 Å². The number of hydrogen-bond donors (Lipinski definition) is 2. The molecule has 0 aromatic heterocycles. The second kappa shape index (κ2) is 19.6. The largest absolute Gasteiger partial charge is 0.493 e. The fourth-order valence-corrected chi connectivity index (χ4v) is 2.86. The maximum atomic E-state index is 8.87. The lowest BCUT2D eigenvalue weighted by Gasteiger charge is -2.22. The lowest BCUT2D eigenvalue weighted by Crippen LogP contribution is -2.29. The monoisotopic (exact) mass is 438 g/mol. The summed E-state index contributed by atoms with van der Waals surface area (Å²) in [6.07, 6.45) is 6.28. The predicted molar refractivity (Wildman–Crippen MR) is 123 cm³/mol. The third-order valence-electron chi connectivity index (χ3n) is 4.39. The molecule has 0 radical (unpaired) electrons. The zero-order chi connectivity index (χ0) is 19.0. The highest BCUT2D eigenvalue weighted by Crippen LogP contribution is 2.27. The van der Waals surface area contributed by atoms with Crippen molar-refractivity contribution in [2.75, 3.05) is 46.5 Å². The van der Waals surface area contributed by atoms with E-state index in [1.807, 2.05) is 18.2 Å². The minimum absolute atomic E-state index is 0. The van der Waals surface area contributed by atoms with Gasteiger partial charge in [-0.05, 0) is 63.1 Å². The van der Waals surface area contributed by atoms with Gasteiger partial charge in [0.05, 0.1) is 13.7 Å². The van der Waals surface area contributed by atoms with E-state index < -0.39 is 0 Å². The zero-order valence-electron chi connectivity index (χ0n) is 17.7. The smallest absolute Gasteiger partial charge is 0.161 e. The van der Waals surface area contributed by atoms with E-state index in [4.69, 9.17) is 14.6 Å². The Morgan fingerprint density at radius 3 is 2.18 bits per heavy atom. The zero-order valence-corrected chi connectivity index (χ0v) is 19.4. The Morgan fingerprint density at radius 1 is 0.964 bits per heavy atom. The highest BCUT2D eigenvalue weighted by atomic mass is 35.5. The summed E-state index contributed by atoms with van der Waals surface area (Å²) >= 11 is 0. The van der Waals surface area contributed by atoms with Gasteiger partial charge in [0.1, 0.15) is 6.61 Å². The minimum Gasteiger partial charge on any atom is -0.493 e. The highest BCUT2D eigenvalue weighted by molar-refractivity contribution is 5.85. The van der Waals surface area contributed by atoms with Crippen LogP contribution in [0.2, 0.25) is 0 Å². The number of hydrogen-bond acceptors (Lipinski definition) is 5. The van der Waals surface area contributed by atoms with E-state index in [9.17, 15) is 0 Å². The minimum atomic E-state index is -0.00000880. The number of aliphatic hydroxyl groups is 1. The Bertz CT molecular complexity index is 471. The normalized spacial score (nSPS) is 10.3. The molecule has 0 saturated heterocycles. The van der Waals surface area contributed by atoms with Crippen molar-refractivity contribution in [3.8, 4) is 11.5 Å². The first-order chi connectivity index (χ1) is 12.7. The summed E-state index contributed by atoms with van der Waals surface area (Å²) in [5.41, 5.74) is 1.17. The molecule has 0 unspecified atom stereocenters. The lowest BCUT2D eigenvalue weighted by molar-refractivity contribution is 0.196. The summed E-state index contributed by atoms with van der Waals surface area (Å²) in [7, 11) is 1.64. The molecule has 1 rings (SSSR count). The van der Waals surface area contributed by atoms with Gasteiger partial charge in [0.15, 0.2) is 11.5 Å². The van der Waals surface area contributed by atoms with Crippen molar-refractivity contribution in [1.82, 2.24) is 10.2 Å². The predicted octanol–water partition coefficient (Wildman–Crippen LogP) is 4.29. The van der Waals surface area contributed by atoms with Gasteiger partial charge in [-0.2, -0.15) is 0 Å². The lowest BCUT2D eigenvalue weighted by atomic mass is 10.2. The third-order valence-corrected chi connectivity index (χ3v) is 4.39. The quantitative estimate of drug-likeness (QED) is 0.377. The second-order valence-corrected chi connectivity index (χ2v) is 6.64. The van der Waals surface area contributed by atoms with E-state index in [1.165, 1.54) is 57.3 Å². The van der Waals surface area contributed by atoms with E-state index in [0.29, 0.717) is 11.5 Å². The van der Waals surface area contributed by atoms with Crippen LogP contribution in [0.1, 0.15) is 51.5 Å².